The number of nitrogens with one attached hydrogen (secondary N) is 1. The van der Waals surface area contributed by atoms with Crippen LogP contribution in [0.4, 0.5) is 4.39 Å². The lowest BCUT2D eigenvalue weighted by molar-refractivity contribution is 0.0855. The van der Waals surface area contributed by atoms with Gasteiger partial charge in [-0.2, -0.15) is 11.8 Å². The highest BCUT2D eigenvalue weighted by atomic mass is 35.5. The quantitative estimate of drug-likeness (QED) is 0.747. The summed E-state index contributed by atoms with van der Waals surface area (Å²) in [5.74, 6) is -0.473. The molecule has 0 aromatic heterocycles. The molecule has 0 saturated carbocycles. The number of rotatable bonds is 7. The zero-order valence-corrected chi connectivity index (χ0v) is 14.7. The lowest BCUT2D eigenvalue weighted by Gasteiger charge is -2.17. The van der Waals surface area contributed by atoms with Gasteiger partial charge in [-0.05, 0) is 48.8 Å². The predicted octanol–water partition coefficient (Wildman–Crippen LogP) is 4.21. The summed E-state index contributed by atoms with van der Waals surface area (Å²) in [5, 5.41) is 3.17. The van der Waals surface area contributed by atoms with E-state index >= 15 is 0 Å². The Morgan fingerprint density at radius 2 is 1.88 bits per heavy atom. The van der Waals surface area contributed by atoms with Gasteiger partial charge in [0.1, 0.15) is 5.82 Å². The Labute approximate surface area is 149 Å². The van der Waals surface area contributed by atoms with Crippen molar-refractivity contribution in [1.29, 1.82) is 0 Å². The Bertz CT molecular complexity index is 738. The van der Waals surface area contributed by atoms with E-state index in [2.05, 4.69) is 5.32 Å². The molecule has 0 heterocycles. The van der Waals surface area contributed by atoms with Gasteiger partial charge in [0, 0.05) is 16.1 Å². The Balaban J connectivity index is 2.18. The molecule has 0 aliphatic rings. The second kappa shape index (κ2) is 8.85. The molecule has 0 saturated heterocycles. The highest BCUT2D eigenvalue weighted by Gasteiger charge is 2.22. The van der Waals surface area contributed by atoms with E-state index in [4.69, 9.17) is 11.6 Å². The molecule has 3 nitrogen and oxygen atoms in total. The van der Waals surface area contributed by atoms with E-state index in [0.29, 0.717) is 22.8 Å². The highest BCUT2D eigenvalue weighted by molar-refractivity contribution is 7.98. The van der Waals surface area contributed by atoms with Crippen LogP contribution in [0.15, 0.2) is 48.5 Å². The summed E-state index contributed by atoms with van der Waals surface area (Å²) in [6.45, 7) is 0. The van der Waals surface area contributed by atoms with Crippen molar-refractivity contribution in [3.8, 4) is 0 Å². The third-order valence-electron chi connectivity index (χ3n) is 3.43. The third-order valence-corrected chi connectivity index (χ3v) is 4.31. The molecule has 126 valence electrons. The maximum absolute atomic E-state index is 13.4. The van der Waals surface area contributed by atoms with Crippen LogP contribution in [0.5, 0.6) is 0 Å². The normalized spacial score (nSPS) is 11.8. The Kier molecular flexibility index (Phi) is 6.82. The largest absolute Gasteiger partial charge is 0.342 e. The first-order valence-corrected chi connectivity index (χ1v) is 9.13. The lowest BCUT2D eigenvalue weighted by atomic mass is 10.0. The molecule has 0 fully saturated rings. The zero-order chi connectivity index (χ0) is 17.5. The first kappa shape index (κ1) is 18.5. The standard InChI is InChI=1S/C18H17ClFNO2S/c1-24-9-8-16(17(22)12-4-3-7-15(20)11-12)21-18(23)13-5-2-6-14(19)10-13/h2-7,10-11,16H,8-9H2,1H3,(H,21,23). The van der Waals surface area contributed by atoms with Gasteiger partial charge >= 0.3 is 0 Å². The fraction of sp³-hybridized carbons (Fsp3) is 0.222. The molecule has 2 aromatic carbocycles. The SMILES string of the molecule is CSCCC(NC(=O)c1cccc(Cl)c1)C(=O)c1cccc(F)c1. The van der Waals surface area contributed by atoms with Crippen molar-refractivity contribution < 1.29 is 14.0 Å². The lowest BCUT2D eigenvalue weighted by Crippen LogP contribution is -2.41. The van der Waals surface area contributed by atoms with Gasteiger partial charge in [-0.25, -0.2) is 4.39 Å². The first-order valence-electron chi connectivity index (χ1n) is 7.36. The molecule has 0 aliphatic heterocycles. The number of amides is 1. The number of hydrogen-bond acceptors (Lipinski definition) is 3. The van der Waals surface area contributed by atoms with Crippen molar-refractivity contribution in [2.24, 2.45) is 0 Å². The van der Waals surface area contributed by atoms with Gasteiger partial charge in [0.2, 0.25) is 0 Å². The average Bonchev–Trinajstić information content (AvgIpc) is 2.57. The summed E-state index contributed by atoms with van der Waals surface area (Å²) in [4.78, 5) is 25.0. The van der Waals surface area contributed by atoms with Crippen molar-refractivity contribution in [1.82, 2.24) is 5.32 Å². The molecule has 1 atom stereocenters. The number of thioether (sulfide) groups is 1. The van der Waals surface area contributed by atoms with Crippen LogP contribution in [0.3, 0.4) is 0 Å². The molecule has 1 amide bonds. The van der Waals surface area contributed by atoms with Crippen LogP contribution in [0.2, 0.25) is 5.02 Å². The van der Waals surface area contributed by atoms with Crippen LogP contribution in [0.1, 0.15) is 27.1 Å². The third kappa shape index (κ3) is 5.08. The fourth-order valence-corrected chi connectivity index (χ4v) is 2.88. The zero-order valence-electron chi connectivity index (χ0n) is 13.1. The molecule has 1 N–H and O–H groups in total. The van der Waals surface area contributed by atoms with Gasteiger partial charge in [-0.1, -0.05) is 29.8 Å². The van der Waals surface area contributed by atoms with E-state index < -0.39 is 11.9 Å². The summed E-state index contributed by atoms with van der Waals surface area (Å²) < 4.78 is 13.4. The summed E-state index contributed by atoms with van der Waals surface area (Å²) in [7, 11) is 0. The molecule has 0 spiro atoms. The Hall–Kier alpha value is -1.85. The van der Waals surface area contributed by atoms with E-state index in [-0.39, 0.29) is 17.3 Å². The van der Waals surface area contributed by atoms with Crippen LogP contribution in [0, 0.1) is 5.82 Å². The minimum absolute atomic E-state index is 0.243. The predicted molar refractivity (Wildman–Crippen MR) is 96.4 cm³/mol. The van der Waals surface area contributed by atoms with Gasteiger partial charge in [-0.3, -0.25) is 9.59 Å². The van der Waals surface area contributed by atoms with Crippen molar-refractivity contribution in [3.05, 3.63) is 70.5 Å². The van der Waals surface area contributed by atoms with Crippen LogP contribution < -0.4 is 5.32 Å². The van der Waals surface area contributed by atoms with E-state index in [9.17, 15) is 14.0 Å². The molecule has 6 heteroatoms. The van der Waals surface area contributed by atoms with Crippen LogP contribution in [-0.4, -0.2) is 29.7 Å². The minimum atomic E-state index is -0.717. The highest BCUT2D eigenvalue weighted by Crippen LogP contribution is 2.14. The fourth-order valence-electron chi connectivity index (χ4n) is 2.22. The van der Waals surface area contributed by atoms with Crippen LogP contribution in [0.25, 0.3) is 0 Å². The molecule has 2 rings (SSSR count). The van der Waals surface area contributed by atoms with Gasteiger partial charge in [0.15, 0.2) is 5.78 Å². The monoisotopic (exact) mass is 365 g/mol. The second-order valence-corrected chi connectivity index (χ2v) is 6.61. The maximum Gasteiger partial charge on any atom is 0.251 e. The number of ketones is 1. The van der Waals surface area contributed by atoms with Crippen molar-refractivity contribution >= 4 is 35.1 Å². The van der Waals surface area contributed by atoms with Crippen LogP contribution >= 0.6 is 23.4 Å². The molecule has 1 unspecified atom stereocenters. The minimum Gasteiger partial charge on any atom is -0.342 e. The molecular weight excluding hydrogens is 349 g/mol. The number of carbonyl (C=O) groups is 2. The molecule has 2 aromatic rings. The molecule has 0 bridgehead atoms. The smallest absolute Gasteiger partial charge is 0.251 e. The van der Waals surface area contributed by atoms with E-state index in [0.717, 1.165) is 0 Å². The number of carbonyl (C=O) groups excluding carboxylic acids is 2. The molecule has 0 radical (unpaired) electrons. The Morgan fingerprint density at radius 3 is 2.54 bits per heavy atom. The van der Waals surface area contributed by atoms with Gasteiger partial charge in [0.05, 0.1) is 6.04 Å². The van der Waals surface area contributed by atoms with Gasteiger partial charge < -0.3 is 5.32 Å². The summed E-state index contributed by atoms with van der Waals surface area (Å²) in [6, 6.07) is 11.3. The second-order valence-electron chi connectivity index (χ2n) is 5.19. The van der Waals surface area contributed by atoms with Crippen molar-refractivity contribution in [2.75, 3.05) is 12.0 Å². The number of halogens is 2. The summed E-state index contributed by atoms with van der Waals surface area (Å²) in [5.41, 5.74) is 0.621. The van der Waals surface area contributed by atoms with Crippen molar-refractivity contribution in [3.63, 3.8) is 0 Å². The van der Waals surface area contributed by atoms with Crippen LogP contribution in [-0.2, 0) is 0 Å². The molecular formula is C18H17ClFNO2S. The summed E-state index contributed by atoms with van der Waals surface area (Å²) >= 11 is 7.47. The number of hydrogen-bond donors (Lipinski definition) is 1. The topological polar surface area (TPSA) is 46.2 Å². The molecule has 24 heavy (non-hydrogen) atoms. The van der Waals surface area contributed by atoms with Crippen molar-refractivity contribution in [2.45, 2.75) is 12.5 Å². The number of Topliss-reactive ketones (excluding diaryl/α,β-unsaturated/α-hetero) is 1. The Morgan fingerprint density at radius 1 is 1.17 bits per heavy atom. The first-order chi connectivity index (χ1) is 11.5. The molecule has 0 aliphatic carbocycles. The van der Waals surface area contributed by atoms with Gasteiger partial charge in [0.25, 0.3) is 5.91 Å². The van der Waals surface area contributed by atoms with Gasteiger partial charge in [-0.15, -0.1) is 0 Å². The van der Waals surface area contributed by atoms with E-state index in [1.165, 1.54) is 24.3 Å². The summed E-state index contributed by atoms with van der Waals surface area (Å²) in [6.07, 6.45) is 2.38. The van der Waals surface area contributed by atoms with E-state index in [1.807, 2.05) is 6.26 Å². The maximum atomic E-state index is 13.4. The van der Waals surface area contributed by atoms with E-state index in [1.54, 1.807) is 36.0 Å². The number of benzene rings is 2. The average molecular weight is 366 g/mol.